The van der Waals surface area contributed by atoms with Crippen LogP contribution in [-0.4, -0.2) is 32.6 Å². The lowest BCUT2D eigenvalue weighted by atomic mass is 10.3. The number of rotatable bonds is 4. The van der Waals surface area contributed by atoms with Crippen molar-refractivity contribution in [3.63, 3.8) is 0 Å². The van der Waals surface area contributed by atoms with E-state index in [1.54, 1.807) is 49.1 Å². The van der Waals surface area contributed by atoms with Gasteiger partial charge in [-0.3, -0.25) is 4.79 Å². The van der Waals surface area contributed by atoms with Crippen molar-refractivity contribution >= 4 is 28.3 Å². The summed E-state index contributed by atoms with van der Waals surface area (Å²) >= 11 is 0. The second-order valence-corrected chi connectivity index (χ2v) is 5.38. The second-order valence-electron chi connectivity index (χ2n) is 5.38. The van der Waals surface area contributed by atoms with Gasteiger partial charge in [0.25, 0.3) is 0 Å². The topological polar surface area (TPSA) is 94.5 Å². The number of methoxy groups -OCH3 is 1. The number of nitrogens with zero attached hydrogens (tertiary/aromatic N) is 4. The molecule has 4 aromatic heterocycles. The lowest BCUT2D eigenvalue weighted by Gasteiger charge is -2.04. The average Bonchev–Trinajstić information content (AvgIpc) is 3.24. The van der Waals surface area contributed by atoms with Crippen LogP contribution in [0.3, 0.4) is 0 Å². The number of amides is 1. The zero-order chi connectivity index (χ0) is 17.4. The molecule has 25 heavy (non-hydrogen) atoms. The summed E-state index contributed by atoms with van der Waals surface area (Å²) in [5.41, 5.74) is 1.98. The van der Waals surface area contributed by atoms with E-state index in [-0.39, 0.29) is 5.91 Å². The molecule has 0 saturated carbocycles. The molecule has 0 spiro atoms. The summed E-state index contributed by atoms with van der Waals surface area (Å²) in [4.78, 5) is 20.1. The lowest BCUT2D eigenvalue weighted by molar-refractivity contribution is -0.115. The molecule has 1 amide bonds. The Morgan fingerprint density at radius 2 is 2.20 bits per heavy atom. The van der Waals surface area contributed by atoms with Crippen molar-refractivity contribution in [1.82, 2.24) is 19.6 Å². The molecule has 0 aliphatic carbocycles. The number of imidazole rings is 1. The Bertz CT molecular complexity index is 1080. The highest BCUT2D eigenvalue weighted by molar-refractivity contribution is 5.89. The van der Waals surface area contributed by atoms with Crippen molar-refractivity contribution in [2.45, 2.75) is 13.3 Å². The van der Waals surface area contributed by atoms with E-state index in [9.17, 15) is 4.79 Å². The Morgan fingerprint density at radius 1 is 1.32 bits per heavy atom. The van der Waals surface area contributed by atoms with E-state index in [2.05, 4.69) is 20.4 Å². The minimum absolute atomic E-state index is 0.104. The molecule has 4 aromatic rings. The number of ether oxygens (including phenoxy) is 1. The van der Waals surface area contributed by atoms with Crippen molar-refractivity contribution in [1.29, 1.82) is 0 Å². The van der Waals surface area contributed by atoms with Gasteiger partial charge < -0.3 is 14.5 Å². The van der Waals surface area contributed by atoms with Crippen LogP contribution in [0.25, 0.3) is 28.1 Å². The zero-order valence-electron chi connectivity index (χ0n) is 13.7. The highest BCUT2D eigenvalue weighted by atomic mass is 16.5. The van der Waals surface area contributed by atoms with Crippen LogP contribution >= 0.6 is 0 Å². The van der Waals surface area contributed by atoms with Crippen molar-refractivity contribution in [3.8, 4) is 17.3 Å². The first-order valence-corrected chi connectivity index (χ1v) is 7.77. The summed E-state index contributed by atoms with van der Waals surface area (Å²) in [7, 11) is 1.56. The molecule has 0 fully saturated rings. The van der Waals surface area contributed by atoms with Gasteiger partial charge in [-0.25, -0.2) is 14.5 Å². The number of pyridine rings is 1. The third-order valence-electron chi connectivity index (χ3n) is 3.81. The molecule has 8 nitrogen and oxygen atoms in total. The molecule has 4 rings (SSSR count). The van der Waals surface area contributed by atoms with Crippen LogP contribution in [-0.2, 0) is 4.79 Å². The molecule has 0 aromatic carbocycles. The number of hydrogen-bond donors (Lipinski definition) is 1. The fourth-order valence-electron chi connectivity index (χ4n) is 2.57. The smallest absolute Gasteiger partial charge is 0.225 e. The van der Waals surface area contributed by atoms with Gasteiger partial charge in [-0.1, -0.05) is 6.92 Å². The van der Waals surface area contributed by atoms with Crippen molar-refractivity contribution in [3.05, 3.63) is 36.7 Å². The number of nitrogens with one attached hydrogen (secondary N) is 1. The summed E-state index contributed by atoms with van der Waals surface area (Å²) in [6.07, 6.45) is 3.68. The van der Waals surface area contributed by atoms with Gasteiger partial charge >= 0.3 is 0 Å². The Labute approximate surface area is 142 Å². The Hall–Kier alpha value is -3.42. The van der Waals surface area contributed by atoms with Crippen LogP contribution in [0.15, 0.2) is 41.1 Å². The average molecular weight is 337 g/mol. The fourth-order valence-corrected chi connectivity index (χ4v) is 2.57. The Kier molecular flexibility index (Phi) is 3.57. The third-order valence-corrected chi connectivity index (χ3v) is 3.81. The van der Waals surface area contributed by atoms with Gasteiger partial charge in [0.2, 0.25) is 11.8 Å². The Balaban J connectivity index is 1.83. The van der Waals surface area contributed by atoms with E-state index in [1.807, 2.05) is 6.07 Å². The molecule has 0 saturated heterocycles. The first-order valence-electron chi connectivity index (χ1n) is 7.77. The maximum absolute atomic E-state index is 11.6. The largest absolute Gasteiger partial charge is 0.480 e. The molecule has 0 aliphatic heterocycles. The molecule has 8 heteroatoms. The summed E-state index contributed by atoms with van der Waals surface area (Å²) in [6.45, 7) is 1.78. The summed E-state index contributed by atoms with van der Waals surface area (Å²) in [6, 6.07) is 7.10. The SMILES string of the molecule is CCC(=O)Nc1ccc2ncc(-c3cc4c(OC)nccc4o3)n2n1. The van der Waals surface area contributed by atoms with Crippen molar-refractivity contribution < 1.29 is 13.9 Å². The van der Waals surface area contributed by atoms with E-state index < -0.39 is 0 Å². The number of aromatic nitrogens is 4. The second kappa shape index (κ2) is 5.90. The van der Waals surface area contributed by atoms with Crippen LogP contribution in [0.5, 0.6) is 5.88 Å². The van der Waals surface area contributed by atoms with Crippen LogP contribution in [0.2, 0.25) is 0 Å². The van der Waals surface area contributed by atoms with E-state index in [0.29, 0.717) is 40.8 Å². The number of hydrogen-bond acceptors (Lipinski definition) is 6. The van der Waals surface area contributed by atoms with E-state index in [0.717, 1.165) is 5.39 Å². The molecule has 0 radical (unpaired) electrons. The van der Waals surface area contributed by atoms with E-state index in [4.69, 9.17) is 9.15 Å². The van der Waals surface area contributed by atoms with E-state index in [1.165, 1.54) is 0 Å². The number of fused-ring (bicyclic) bond motifs is 2. The van der Waals surface area contributed by atoms with Gasteiger partial charge in [-0.2, -0.15) is 0 Å². The van der Waals surface area contributed by atoms with Gasteiger partial charge in [0, 0.05) is 18.7 Å². The maximum Gasteiger partial charge on any atom is 0.225 e. The number of carbonyl (C=O) groups excluding carboxylic acids is 1. The molecule has 0 bridgehead atoms. The first kappa shape index (κ1) is 15.1. The molecule has 0 atom stereocenters. The van der Waals surface area contributed by atoms with Gasteiger partial charge in [0.15, 0.2) is 17.2 Å². The van der Waals surface area contributed by atoms with E-state index >= 15 is 0 Å². The molecular weight excluding hydrogens is 322 g/mol. The number of carbonyl (C=O) groups is 1. The standard InChI is InChI=1S/C17H15N5O3/c1-3-16(23)20-14-4-5-15-19-9-11(22(15)21-14)13-8-10-12(25-13)6-7-18-17(10)24-2/h4-9H,3H2,1-2H3,(H,20,21,23). The predicted molar refractivity (Wildman–Crippen MR) is 91.5 cm³/mol. The maximum atomic E-state index is 11.6. The van der Waals surface area contributed by atoms with Gasteiger partial charge in [-0.15, -0.1) is 5.10 Å². The normalized spacial score (nSPS) is 11.1. The first-order chi connectivity index (χ1) is 12.2. The fraction of sp³-hybridized carbons (Fsp3) is 0.176. The monoisotopic (exact) mass is 337 g/mol. The van der Waals surface area contributed by atoms with Gasteiger partial charge in [-0.05, 0) is 18.2 Å². The predicted octanol–water partition coefficient (Wildman–Crippen LogP) is 2.89. The summed E-state index contributed by atoms with van der Waals surface area (Å²) in [5, 5.41) is 7.93. The van der Waals surface area contributed by atoms with Crippen LogP contribution in [0, 0.1) is 0 Å². The highest BCUT2D eigenvalue weighted by Crippen LogP contribution is 2.32. The van der Waals surface area contributed by atoms with Crippen molar-refractivity contribution in [2.75, 3.05) is 12.4 Å². The Morgan fingerprint density at radius 3 is 3.00 bits per heavy atom. The zero-order valence-corrected chi connectivity index (χ0v) is 13.7. The summed E-state index contributed by atoms with van der Waals surface area (Å²) < 4.78 is 12.8. The van der Waals surface area contributed by atoms with Gasteiger partial charge in [0.1, 0.15) is 11.3 Å². The molecule has 4 heterocycles. The molecule has 126 valence electrons. The number of anilines is 1. The minimum atomic E-state index is -0.104. The quantitative estimate of drug-likeness (QED) is 0.615. The lowest BCUT2D eigenvalue weighted by Crippen LogP contribution is -2.12. The number of furan rings is 1. The summed E-state index contributed by atoms with van der Waals surface area (Å²) in [5.74, 6) is 1.42. The van der Waals surface area contributed by atoms with Crippen LogP contribution in [0.4, 0.5) is 5.82 Å². The van der Waals surface area contributed by atoms with Gasteiger partial charge in [0.05, 0.1) is 18.7 Å². The third kappa shape index (κ3) is 2.57. The highest BCUT2D eigenvalue weighted by Gasteiger charge is 2.15. The molecular formula is C17H15N5O3. The van der Waals surface area contributed by atoms with Crippen molar-refractivity contribution in [2.24, 2.45) is 0 Å². The molecule has 0 aliphatic rings. The minimum Gasteiger partial charge on any atom is -0.480 e. The molecule has 1 N–H and O–H groups in total. The van der Waals surface area contributed by atoms with Crippen LogP contribution in [0.1, 0.15) is 13.3 Å². The molecule has 0 unspecified atom stereocenters. The van der Waals surface area contributed by atoms with Crippen LogP contribution < -0.4 is 10.1 Å².